The van der Waals surface area contributed by atoms with Crippen molar-refractivity contribution >= 4 is 6.09 Å². The minimum Gasteiger partial charge on any atom is -0.444 e. The number of likely N-dealkylation sites (tertiary alicyclic amines) is 1. The highest BCUT2D eigenvalue weighted by Crippen LogP contribution is 2.50. The molecule has 2 unspecified atom stereocenters. The first kappa shape index (κ1) is 15.6. The largest absolute Gasteiger partial charge is 0.444 e. The van der Waals surface area contributed by atoms with Crippen molar-refractivity contribution in [2.24, 2.45) is 11.1 Å². The van der Waals surface area contributed by atoms with E-state index < -0.39 is 5.60 Å². The molecule has 1 aliphatic heterocycles. The molecule has 1 heterocycles. The van der Waals surface area contributed by atoms with E-state index in [2.05, 4.69) is 0 Å². The van der Waals surface area contributed by atoms with Crippen molar-refractivity contribution in [2.75, 3.05) is 19.7 Å². The second-order valence-electron chi connectivity index (χ2n) is 6.99. The fourth-order valence-electron chi connectivity index (χ4n) is 3.34. The monoisotopic (exact) mass is 284 g/mol. The lowest BCUT2D eigenvalue weighted by molar-refractivity contribution is -0.147. The van der Waals surface area contributed by atoms with Crippen molar-refractivity contribution in [3.05, 3.63) is 0 Å². The Labute approximate surface area is 121 Å². The van der Waals surface area contributed by atoms with E-state index in [1.54, 1.807) is 4.90 Å². The molecule has 1 spiro atoms. The summed E-state index contributed by atoms with van der Waals surface area (Å²) in [5.74, 6) is 0. The van der Waals surface area contributed by atoms with Gasteiger partial charge in [0.05, 0.1) is 6.10 Å². The zero-order valence-electron chi connectivity index (χ0n) is 13.1. The molecule has 0 radical (unpaired) electrons. The summed E-state index contributed by atoms with van der Waals surface area (Å²) in [5, 5.41) is 0. The number of nitrogens with two attached hydrogens (primary N) is 1. The average molecular weight is 284 g/mol. The number of carbonyl (C=O) groups is 1. The molecule has 2 fully saturated rings. The van der Waals surface area contributed by atoms with Gasteiger partial charge in [-0.05, 0) is 47.0 Å². The van der Waals surface area contributed by atoms with Gasteiger partial charge >= 0.3 is 6.09 Å². The normalized spacial score (nSPS) is 29.1. The van der Waals surface area contributed by atoms with Gasteiger partial charge in [0.2, 0.25) is 0 Å². The summed E-state index contributed by atoms with van der Waals surface area (Å²) >= 11 is 0. The van der Waals surface area contributed by atoms with Gasteiger partial charge in [0.15, 0.2) is 0 Å². The Kier molecular flexibility index (Phi) is 4.30. The minimum atomic E-state index is -0.438. The quantitative estimate of drug-likeness (QED) is 0.843. The molecule has 2 atom stereocenters. The molecule has 5 nitrogen and oxygen atoms in total. The van der Waals surface area contributed by atoms with Crippen molar-refractivity contribution in [3.8, 4) is 0 Å². The van der Waals surface area contributed by atoms with E-state index in [1.165, 1.54) is 0 Å². The summed E-state index contributed by atoms with van der Waals surface area (Å²) < 4.78 is 11.2. The summed E-state index contributed by atoms with van der Waals surface area (Å²) in [4.78, 5) is 13.9. The maximum absolute atomic E-state index is 12.1. The summed E-state index contributed by atoms with van der Waals surface area (Å²) in [6, 6.07) is 0.208. The van der Waals surface area contributed by atoms with Gasteiger partial charge in [0.1, 0.15) is 5.60 Å². The smallest absolute Gasteiger partial charge is 0.410 e. The van der Waals surface area contributed by atoms with Gasteiger partial charge < -0.3 is 20.1 Å². The SMILES string of the molecule is CCOC1CC(N)C12CCN(C(=O)OC(C)(C)C)CC2. The summed E-state index contributed by atoms with van der Waals surface area (Å²) in [6.45, 7) is 9.86. The topological polar surface area (TPSA) is 64.8 Å². The number of rotatable bonds is 2. The first-order chi connectivity index (χ1) is 9.28. The predicted molar refractivity (Wildman–Crippen MR) is 77.5 cm³/mol. The van der Waals surface area contributed by atoms with Crippen LogP contribution in [0.2, 0.25) is 0 Å². The van der Waals surface area contributed by atoms with Crippen molar-refractivity contribution in [1.29, 1.82) is 0 Å². The molecule has 0 aromatic rings. The van der Waals surface area contributed by atoms with Gasteiger partial charge in [-0.1, -0.05) is 0 Å². The predicted octanol–water partition coefficient (Wildman–Crippen LogP) is 2.14. The van der Waals surface area contributed by atoms with E-state index in [9.17, 15) is 4.79 Å². The molecule has 1 saturated carbocycles. The lowest BCUT2D eigenvalue weighted by Gasteiger charge is -2.57. The molecule has 0 aromatic heterocycles. The molecule has 1 amide bonds. The average Bonchev–Trinajstić information content (AvgIpc) is 2.37. The number of nitrogens with zero attached hydrogens (tertiary/aromatic N) is 1. The van der Waals surface area contributed by atoms with Crippen LogP contribution in [-0.2, 0) is 9.47 Å². The molecule has 20 heavy (non-hydrogen) atoms. The van der Waals surface area contributed by atoms with E-state index in [-0.39, 0.29) is 23.7 Å². The minimum absolute atomic E-state index is 0.0779. The van der Waals surface area contributed by atoms with Crippen LogP contribution >= 0.6 is 0 Å². The van der Waals surface area contributed by atoms with Crippen molar-refractivity contribution < 1.29 is 14.3 Å². The molecule has 0 bridgehead atoms. The molecule has 2 N–H and O–H groups in total. The number of hydrogen-bond donors (Lipinski definition) is 1. The Hall–Kier alpha value is -0.810. The Morgan fingerprint density at radius 2 is 1.95 bits per heavy atom. The zero-order chi connectivity index (χ0) is 15.0. The Morgan fingerprint density at radius 1 is 1.35 bits per heavy atom. The second kappa shape index (κ2) is 5.53. The van der Waals surface area contributed by atoms with Crippen molar-refractivity contribution in [2.45, 2.75) is 64.7 Å². The third-order valence-corrected chi connectivity index (χ3v) is 4.56. The molecule has 116 valence electrons. The third-order valence-electron chi connectivity index (χ3n) is 4.56. The van der Waals surface area contributed by atoms with Crippen LogP contribution in [0.15, 0.2) is 0 Å². The lowest BCUT2D eigenvalue weighted by atomic mass is 9.57. The van der Waals surface area contributed by atoms with Crippen LogP contribution in [0, 0.1) is 5.41 Å². The maximum Gasteiger partial charge on any atom is 0.410 e. The summed E-state index contributed by atoms with van der Waals surface area (Å²) in [6.07, 6.45) is 2.83. The van der Waals surface area contributed by atoms with Crippen LogP contribution in [0.25, 0.3) is 0 Å². The van der Waals surface area contributed by atoms with Gasteiger partial charge in [-0.3, -0.25) is 0 Å². The Balaban J connectivity index is 1.90. The number of carbonyl (C=O) groups excluding carboxylic acids is 1. The van der Waals surface area contributed by atoms with E-state index in [4.69, 9.17) is 15.2 Å². The first-order valence-electron chi connectivity index (χ1n) is 7.63. The summed E-state index contributed by atoms with van der Waals surface area (Å²) in [7, 11) is 0. The lowest BCUT2D eigenvalue weighted by Crippen LogP contribution is -2.66. The van der Waals surface area contributed by atoms with Crippen LogP contribution in [-0.4, -0.2) is 48.4 Å². The standard InChI is InChI=1S/C15H28N2O3/c1-5-19-12-10-11(16)15(12)6-8-17(9-7-15)13(18)20-14(2,3)4/h11-12H,5-10,16H2,1-4H3. The van der Waals surface area contributed by atoms with Gasteiger partial charge in [-0.15, -0.1) is 0 Å². The van der Waals surface area contributed by atoms with Gasteiger partial charge in [0.25, 0.3) is 0 Å². The highest BCUT2D eigenvalue weighted by Gasteiger charge is 2.55. The molecule has 2 aliphatic rings. The molecule has 2 rings (SSSR count). The highest BCUT2D eigenvalue weighted by atomic mass is 16.6. The van der Waals surface area contributed by atoms with Crippen LogP contribution in [0.5, 0.6) is 0 Å². The highest BCUT2D eigenvalue weighted by molar-refractivity contribution is 5.68. The van der Waals surface area contributed by atoms with Gasteiger partial charge in [0, 0.05) is 31.2 Å². The first-order valence-corrected chi connectivity index (χ1v) is 7.63. The van der Waals surface area contributed by atoms with E-state index >= 15 is 0 Å². The van der Waals surface area contributed by atoms with Crippen LogP contribution in [0.1, 0.15) is 47.0 Å². The fraction of sp³-hybridized carbons (Fsp3) is 0.933. The Morgan fingerprint density at radius 3 is 2.40 bits per heavy atom. The van der Waals surface area contributed by atoms with Crippen LogP contribution in [0.4, 0.5) is 4.79 Å². The van der Waals surface area contributed by atoms with Crippen LogP contribution < -0.4 is 5.73 Å². The van der Waals surface area contributed by atoms with Crippen molar-refractivity contribution in [1.82, 2.24) is 4.90 Å². The summed E-state index contributed by atoms with van der Waals surface area (Å²) in [5.41, 5.74) is 5.86. The number of piperidine rings is 1. The van der Waals surface area contributed by atoms with E-state index in [0.717, 1.165) is 25.9 Å². The second-order valence-corrected chi connectivity index (χ2v) is 6.99. The third kappa shape index (κ3) is 2.93. The van der Waals surface area contributed by atoms with E-state index in [0.29, 0.717) is 13.1 Å². The molecule has 1 saturated heterocycles. The molecule has 5 heteroatoms. The number of ether oxygens (including phenoxy) is 2. The molecule has 0 aromatic carbocycles. The molecular weight excluding hydrogens is 256 g/mol. The zero-order valence-corrected chi connectivity index (χ0v) is 13.1. The molecular formula is C15H28N2O3. The molecule has 1 aliphatic carbocycles. The number of hydrogen-bond acceptors (Lipinski definition) is 4. The van der Waals surface area contributed by atoms with Crippen LogP contribution in [0.3, 0.4) is 0 Å². The van der Waals surface area contributed by atoms with Gasteiger partial charge in [-0.2, -0.15) is 0 Å². The Bertz CT molecular complexity index is 355. The van der Waals surface area contributed by atoms with E-state index in [1.807, 2.05) is 27.7 Å². The van der Waals surface area contributed by atoms with Gasteiger partial charge in [-0.25, -0.2) is 4.79 Å². The maximum atomic E-state index is 12.1. The number of amides is 1. The fourth-order valence-corrected chi connectivity index (χ4v) is 3.34. The van der Waals surface area contributed by atoms with Crippen molar-refractivity contribution in [3.63, 3.8) is 0 Å².